The van der Waals surface area contributed by atoms with E-state index in [-0.39, 0.29) is 33.7 Å². The van der Waals surface area contributed by atoms with E-state index in [1.54, 1.807) is 62.4 Å². The zero-order chi connectivity index (χ0) is 34.9. The number of carboxylic acids is 1. The molecule has 0 unspecified atom stereocenters. The third-order valence-corrected chi connectivity index (χ3v) is 8.59. The summed E-state index contributed by atoms with van der Waals surface area (Å²) < 4.78 is 5.95. The minimum atomic E-state index is -1.06. The molecule has 3 amide bonds. The Labute approximate surface area is 288 Å². The van der Waals surface area contributed by atoms with Gasteiger partial charge in [0.1, 0.15) is 17.1 Å². The summed E-state index contributed by atoms with van der Waals surface area (Å²) in [7, 11) is 0. The summed E-state index contributed by atoms with van der Waals surface area (Å²) in [6, 6.07) is 26.8. The molecule has 0 radical (unpaired) electrons. The Bertz CT molecular complexity index is 1990. The summed E-state index contributed by atoms with van der Waals surface area (Å²) in [5.41, 5.74) is 3.20. The minimum Gasteiger partial charge on any atom is -0.478 e. The second-order valence-corrected chi connectivity index (χ2v) is 11.7. The number of carboxylic acid groups (broad SMARTS) is 1. The standard InChI is InChI=1S/C39H33N3O6S/c1-4-6-18-28(5-2)42-37(45)32(23-29-21-22-33(48-29)30-19-13-20-31(25(30)3)38(46)47)36(44)41-39(42)49-24-34(43)40-35(26-14-9-7-10-15-26)27-16-11-8-12-17-27/h4-23,35H,1,24H2,2-3H3,(H,40,43)(H,46,47)/b18-6-,28-5+,32-23+. The Morgan fingerprint density at radius 2 is 1.65 bits per heavy atom. The molecule has 2 N–H and O–H groups in total. The van der Waals surface area contributed by atoms with E-state index in [2.05, 4.69) is 16.9 Å². The van der Waals surface area contributed by atoms with Crippen LogP contribution in [-0.2, 0) is 14.4 Å². The van der Waals surface area contributed by atoms with Gasteiger partial charge in [-0.15, -0.1) is 0 Å². The van der Waals surface area contributed by atoms with Crippen molar-refractivity contribution in [1.82, 2.24) is 10.2 Å². The van der Waals surface area contributed by atoms with Crippen LogP contribution in [0.1, 0.15) is 45.8 Å². The van der Waals surface area contributed by atoms with E-state index in [1.165, 1.54) is 17.0 Å². The second kappa shape index (κ2) is 15.7. The molecule has 10 heteroatoms. The van der Waals surface area contributed by atoms with E-state index in [4.69, 9.17) is 4.42 Å². The average molecular weight is 672 g/mol. The Morgan fingerprint density at radius 1 is 0.980 bits per heavy atom. The summed E-state index contributed by atoms with van der Waals surface area (Å²) in [5, 5.41) is 12.6. The fourth-order valence-corrected chi connectivity index (χ4v) is 6.05. The average Bonchev–Trinajstić information content (AvgIpc) is 3.58. The summed E-state index contributed by atoms with van der Waals surface area (Å²) in [4.78, 5) is 57.8. The Balaban J connectivity index is 1.42. The lowest BCUT2D eigenvalue weighted by Crippen LogP contribution is -2.42. The Morgan fingerprint density at radius 3 is 2.27 bits per heavy atom. The highest BCUT2D eigenvalue weighted by molar-refractivity contribution is 8.14. The zero-order valence-electron chi connectivity index (χ0n) is 26.8. The SMILES string of the molecule is C=C/C=C\C(=C/C)N1C(=O)/C(=C/c2ccc(-c3cccc(C(=O)O)c3C)o2)C(=O)N=C1SCC(=O)NC(c1ccccc1)c1ccccc1. The third-order valence-electron chi connectivity index (χ3n) is 7.66. The van der Waals surface area contributed by atoms with E-state index in [9.17, 15) is 24.3 Å². The number of amides is 3. The maximum atomic E-state index is 14.0. The molecular formula is C39H33N3O6S. The first-order valence-electron chi connectivity index (χ1n) is 15.3. The molecule has 3 aromatic carbocycles. The van der Waals surface area contributed by atoms with E-state index in [1.807, 2.05) is 60.7 Å². The predicted molar refractivity (Wildman–Crippen MR) is 192 cm³/mol. The van der Waals surface area contributed by atoms with Crippen LogP contribution in [0.4, 0.5) is 0 Å². The molecule has 4 aromatic rings. The predicted octanol–water partition coefficient (Wildman–Crippen LogP) is 7.35. The number of allylic oxidation sites excluding steroid dienone is 4. The number of rotatable bonds is 11. The van der Waals surface area contributed by atoms with Crippen LogP contribution in [0.3, 0.4) is 0 Å². The number of benzene rings is 3. The molecule has 0 saturated carbocycles. The molecule has 1 aliphatic rings. The second-order valence-electron chi connectivity index (χ2n) is 10.8. The van der Waals surface area contributed by atoms with Gasteiger partial charge >= 0.3 is 5.97 Å². The van der Waals surface area contributed by atoms with Crippen molar-refractivity contribution in [3.63, 3.8) is 0 Å². The summed E-state index contributed by atoms with van der Waals surface area (Å²) in [6.45, 7) is 7.12. The summed E-state index contributed by atoms with van der Waals surface area (Å²) in [6.07, 6.45) is 7.85. The fourth-order valence-electron chi connectivity index (χ4n) is 5.24. The fraction of sp³-hybridized carbons (Fsp3) is 0.103. The Hall–Kier alpha value is -6.00. The number of furan rings is 1. The minimum absolute atomic E-state index is 0.0429. The molecular weight excluding hydrogens is 639 g/mol. The number of amidine groups is 1. The molecule has 1 aromatic heterocycles. The van der Waals surface area contributed by atoms with Crippen molar-refractivity contribution in [3.8, 4) is 11.3 Å². The maximum absolute atomic E-state index is 14.0. The number of nitrogens with zero attached hydrogens (tertiary/aromatic N) is 2. The van der Waals surface area contributed by atoms with Gasteiger partial charge in [-0.1, -0.05) is 109 Å². The van der Waals surface area contributed by atoms with Gasteiger partial charge in [-0.3, -0.25) is 19.3 Å². The molecule has 0 spiro atoms. The van der Waals surface area contributed by atoms with Crippen molar-refractivity contribution in [2.75, 3.05) is 5.75 Å². The van der Waals surface area contributed by atoms with Crippen molar-refractivity contribution in [2.24, 2.45) is 4.99 Å². The molecule has 0 aliphatic carbocycles. The maximum Gasteiger partial charge on any atom is 0.335 e. The largest absolute Gasteiger partial charge is 0.478 e. The number of thioether (sulfide) groups is 1. The number of carbonyl (C=O) groups excluding carboxylic acids is 3. The topological polar surface area (TPSA) is 129 Å². The van der Waals surface area contributed by atoms with E-state index in [0.717, 1.165) is 22.9 Å². The highest BCUT2D eigenvalue weighted by atomic mass is 32.2. The lowest BCUT2D eigenvalue weighted by Gasteiger charge is -2.28. The third kappa shape index (κ3) is 7.94. The number of hydrogen-bond acceptors (Lipinski definition) is 6. The van der Waals surface area contributed by atoms with Crippen molar-refractivity contribution in [2.45, 2.75) is 19.9 Å². The van der Waals surface area contributed by atoms with Gasteiger partial charge in [0, 0.05) is 11.3 Å². The van der Waals surface area contributed by atoms with Crippen LogP contribution >= 0.6 is 11.8 Å². The van der Waals surface area contributed by atoms with E-state index in [0.29, 0.717) is 22.6 Å². The normalized spacial score (nSPS) is 14.4. The lowest BCUT2D eigenvalue weighted by atomic mass is 9.99. The molecule has 49 heavy (non-hydrogen) atoms. The number of aliphatic imine (C=N–C) groups is 1. The van der Waals surface area contributed by atoms with Crippen LogP contribution in [0.5, 0.6) is 0 Å². The molecule has 246 valence electrons. The van der Waals surface area contributed by atoms with Gasteiger partial charge in [0.15, 0.2) is 5.17 Å². The lowest BCUT2D eigenvalue weighted by molar-refractivity contribution is -0.126. The quantitative estimate of drug-likeness (QED) is 0.0969. The van der Waals surface area contributed by atoms with Crippen LogP contribution in [0, 0.1) is 6.92 Å². The van der Waals surface area contributed by atoms with Crippen LogP contribution < -0.4 is 5.32 Å². The van der Waals surface area contributed by atoms with Crippen LogP contribution in [0.15, 0.2) is 143 Å². The first-order chi connectivity index (χ1) is 23.7. The molecule has 2 heterocycles. The molecule has 0 atom stereocenters. The van der Waals surface area contributed by atoms with Gasteiger partial charge in [0.05, 0.1) is 17.4 Å². The number of carbonyl (C=O) groups is 4. The van der Waals surface area contributed by atoms with Crippen molar-refractivity contribution < 1.29 is 28.7 Å². The van der Waals surface area contributed by atoms with E-state index < -0.39 is 23.8 Å². The van der Waals surface area contributed by atoms with E-state index >= 15 is 0 Å². The number of nitrogens with one attached hydrogen (secondary N) is 1. The van der Waals surface area contributed by atoms with Crippen LogP contribution in [-0.4, -0.2) is 44.6 Å². The van der Waals surface area contributed by atoms with Gasteiger partial charge in [0.2, 0.25) is 5.91 Å². The van der Waals surface area contributed by atoms with Gasteiger partial charge in [-0.2, -0.15) is 4.99 Å². The van der Waals surface area contributed by atoms with Crippen molar-refractivity contribution in [1.29, 1.82) is 0 Å². The molecule has 5 rings (SSSR count). The van der Waals surface area contributed by atoms with Gasteiger partial charge in [-0.05, 0) is 60.9 Å². The summed E-state index contributed by atoms with van der Waals surface area (Å²) in [5.74, 6) is -2.37. The van der Waals surface area contributed by atoms with Gasteiger partial charge in [-0.25, -0.2) is 4.79 Å². The molecule has 9 nitrogen and oxygen atoms in total. The monoisotopic (exact) mass is 671 g/mol. The number of hydrogen-bond donors (Lipinski definition) is 2. The molecule has 0 bridgehead atoms. The van der Waals surface area contributed by atoms with Crippen molar-refractivity contribution >= 4 is 46.7 Å². The highest BCUT2D eigenvalue weighted by Gasteiger charge is 2.35. The first-order valence-corrected chi connectivity index (χ1v) is 16.3. The Kier molecular flexibility index (Phi) is 11.0. The van der Waals surface area contributed by atoms with Gasteiger partial charge in [0.25, 0.3) is 11.8 Å². The number of aromatic carboxylic acids is 1. The summed E-state index contributed by atoms with van der Waals surface area (Å²) >= 11 is 0.969. The zero-order valence-corrected chi connectivity index (χ0v) is 27.6. The van der Waals surface area contributed by atoms with Crippen LogP contribution in [0.2, 0.25) is 0 Å². The van der Waals surface area contributed by atoms with Gasteiger partial charge < -0.3 is 14.8 Å². The first kappa shape index (κ1) is 34.3. The highest BCUT2D eigenvalue weighted by Crippen LogP contribution is 2.31. The smallest absolute Gasteiger partial charge is 0.335 e. The van der Waals surface area contributed by atoms with Crippen molar-refractivity contribution in [3.05, 3.63) is 161 Å². The molecule has 1 aliphatic heterocycles. The van der Waals surface area contributed by atoms with Crippen LogP contribution in [0.25, 0.3) is 17.4 Å². The molecule has 0 fully saturated rings. The molecule has 0 saturated heterocycles.